The molecule has 1 aromatic heterocycles. The molecule has 0 saturated carbocycles. The summed E-state index contributed by atoms with van der Waals surface area (Å²) in [6.45, 7) is 6.47. The molecule has 2 aromatic carbocycles. The smallest absolute Gasteiger partial charge is 0.336 e. The molecular weight excluding hydrogens is 405 g/mol. The van der Waals surface area contributed by atoms with Crippen molar-refractivity contribution < 1.29 is 18.0 Å². The maximum Gasteiger partial charge on any atom is 0.416 e. The van der Waals surface area contributed by atoms with Crippen LogP contribution in [0.5, 0.6) is 0 Å². The summed E-state index contributed by atoms with van der Waals surface area (Å²) in [4.78, 5) is 25.8. The van der Waals surface area contributed by atoms with E-state index in [-0.39, 0.29) is 5.91 Å². The Morgan fingerprint density at radius 2 is 1.61 bits per heavy atom. The van der Waals surface area contributed by atoms with Gasteiger partial charge in [0, 0.05) is 38.3 Å². The third-order valence-electron chi connectivity index (χ3n) is 5.64. The van der Waals surface area contributed by atoms with Crippen molar-refractivity contribution in [3.05, 3.63) is 70.5 Å². The van der Waals surface area contributed by atoms with E-state index in [0.717, 1.165) is 23.0 Å². The molecule has 2 heterocycles. The second-order valence-corrected chi connectivity index (χ2v) is 7.86. The Hall–Kier alpha value is -3.00. The van der Waals surface area contributed by atoms with Gasteiger partial charge in [0.25, 0.3) is 5.91 Å². The van der Waals surface area contributed by atoms with Gasteiger partial charge in [0.05, 0.1) is 28.0 Å². The Bertz CT molecular complexity index is 1120. The van der Waals surface area contributed by atoms with E-state index < -0.39 is 11.7 Å². The molecular formula is C23H23F3N4O. The molecule has 0 aliphatic carbocycles. The van der Waals surface area contributed by atoms with Crippen LogP contribution in [0.1, 0.15) is 32.9 Å². The number of aryl methyl sites for hydroxylation is 2. The number of fused-ring (bicyclic) bond motifs is 1. The van der Waals surface area contributed by atoms with Crippen LogP contribution >= 0.6 is 0 Å². The van der Waals surface area contributed by atoms with Gasteiger partial charge >= 0.3 is 6.18 Å². The monoisotopic (exact) mass is 428 g/mol. The average molecular weight is 428 g/mol. The van der Waals surface area contributed by atoms with Crippen LogP contribution in [0.2, 0.25) is 0 Å². The van der Waals surface area contributed by atoms with Crippen molar-refractivity contribution in [3.63, 3.8) is 0 Å². The molecule has 0 spiro atoms. The zero-order chi connectivity index (χ0) is 22.2. The van der Waals surface area contributed by atoms with E-state index in [9.17, 15) is 18.0 Å². The maximum atomic E-state index is 12.9. The largest absolute Gasteiger partial charge is 0.416 e. The van der Waals surface area contributed by atoms with Gasteiger partial charge in [-0.15, -0.1) is 0 Å². The molecule has 1 aliphatic heterocycles. The zero-order valence-corrected chi connectivity index (χ0v) is 17.4. The summed E-state index contributed by atoms with van der Waals surface area (Å²) in [5.41, 5.74) is 3.69. The third kappa shape index (κ3) is 4.69. The van der Waals surface area contributed by atoms with Crippen molar-refractivity contribution in [2.75, 3.05) is 26.2 Å². The van der Waals surface area contributed by atoms with Gasteiger partial charge in [-0.3, -0.25) is 9.69 Å². The number of nitrogens with zero attached hydrogens (tertiary/aromatic N) is 4. The summed E-state index contributed by atoms with van der Waals surface area (Å²) in [6.07, 6.45) is -4.34. The van der Waals surface area contributed by atoms with Gasteiger partial charge in [-0.05, 0) is 43.7 Å². The van der Waals surface area contributed by atoms with Gasteiger partial charge in [-0.1, -0.05) is 18.2 Å². The first-order valence-electron chi connectivity index (χ1n) is 10.1. The molecule has 1 aliphatic rings. The number of halogens is 3. The molecule has 0 atom stereocenters. The summed E-state index contributed by atoms with van der Waals surface area (Å²) in [5, 5.41) is 0. The number of carbonyl (C=O) groups excluding carboxylic acids is 1. The van der Waals surface area contributed by atoms with E-state index in [1.54, 1.807) is 23.1 Å². The van der Waals surface area contributed by atoms with Crippen LogP contribution in [0.15, 0.2) is 42.5 Å². The van der Waals surface area contributed by atoms with Gasteiger partial charge in [0.15, 0.2) is 0 Å². The van der Waals surface area contributed by atoms with Crippen LogP contribution in [0.25, 0.3) is 11.0 Å². The van der Waals surface area contributed by atoms with E-state index in [1.165, 1.54) is 12.1 Å². The normalized spacial score (nSPS) is 15.5. The van der Waals surface area contributed by atoms with Crippen molar-refractivity contribution in [1.82, 2.24) is 19.8 Å². The molecule has 8 heteroatoms. The van der Waals surface area contributed by atoms with E-state index in [1.807, 2.05) is 19.9 Å². The highest BCUT2D eigenvalue weighted by atomic mass is 19.4. The number of carbonyl (C=O) groups is 1. The van der Waals surface area contributed by atoms with Crippen molar-refractivity contribution in [2.24, 2.45) is 0 Å². The lowest BCUT2D eigenvalue weighted by molar-refractivity contribution is -0.137. The predicted molar refractivity (Wildman–Crippen MR) is 112 cm³/mol. The van der Waals surface area contributed by atoms with Crippen molar-refractivity contribution in [2.45, 2.75) is 26.6 Å². The zero-order valence-electron chi connectivity index (χ0n) is 17.4. The Morgan fingerprint density at radius 3 is 2.29 bits per heavy atom. The summed E-state index contributed by atoms with van der Waals surface area (Å²) in [7, 11) is 0. The van der Waals surface area contributed by atoms with Gasteiger partial charge in [0.2, 0.25) is 0 Å². The van der Waals surface area contributed by atoms with Crippen LogP contribution in [0.3, 0.4) is 0 Å². The molecule has 3 aromatic rings. The number of alkyl halides is 3. The first kappa shape index (κ1) is 21.2. The summed E-state index contributed by atoms with van der Waals surface area (Å²) in [6, 6.07) is 10.8. The SMILES string of the molecule is Cc1nc2ccc(C(=O)N3CCN(Cc4cccc(C(F)(F)F)c4)CC3)cc2nc1C. The minimum absolute atomic E-state index is 0.0688. The highest BCUT2D eigenvalue weighted by Crippen LogP contribution is 2.29. The highest BCUT2D eigenvalue weighted by Gasteiger charge is 2.30. The Labute approximate surface area is 178 Å². The molecule has 0 radical (unpaired) electrons. The molecule has 162 valence electrons. The fraction of sp³-hybridized carbons (Fsp3) is 0.348. The van der Waals surface area contributed by atoms with Gasteiger partial charge in [-0.2, -0.15) is 13.2 Å². The Morgan fingerprint density at radius 1 is 0.935 bits per heavy atom. The summed E-state index contributed by atoms with van der Waals surface area (Å²) in [5.74, 6) is -0.0688. The number of aromatic nitrogens is 2. The lowest BCUT2D eigenvalue weighted by Gasteiger charge is -2.35. The Balaban J connectivity index is 1.40. The third-order valence-corrected chi connectivity index (χ3v) is 5.64. The average Bonchev–Trinajstić information content (AvgIpc) is 2.74. The van der Waals surface area contributed by atoms with Crippen molar-refractivity contribution >= 4 is 16.9 Å². The first-order chi connectivity index (χ1) is 14.7. The minimum Gasteiger partial charge on any atom is -0.336 e. The second kappa shape index (κ2) is 8.26. The number of hydrogen-bond donors (Lipinski definition) is 0. The molecule has 0 N–H and O–H groups in total. The molecule has 1 fully saturated rings. The quantitative estimate of drug-likeness (QED) is 0.627. The molecule has 5 nitrogen and oxygen atoms in total. The molecule has 0 bridgehead atoms. The molecule has 31 heavy (non-hydrogen) atoms. The minimum atomic E-state index is -4.34. The predicted octanol–water partition coefficient (Wildman–Crippen LogP) is 4.22. The first-order valence-corrected chi connectivity index (χ1v) is 10.1. The number of amides is 1. The molecule has 0 unspecified atom stereocenters. The molecule has 1 saturated heterocycles. The van der Waals surface area contributed by atoms with Crippen LogP contribution in [-0.2, 0) is 12.7 Å². The van der Waals surface area contributed by atoms with Crippen LogP contribution in [0.4, 0.5) is 13.2 Å². The number of hydrogen-bond acceptors (Lipinski definition) is 4. The maximum absolute atomic E-state index is 12.9. The van der Waals surface area contributed by atoms with E-state index in [2.05, 4.69) is 14.9 Å². The number of benzene rings is 2. The van der Waals surface area contributed by atoms with Gasteiger partial charge in [-0.25, -0.2) is 9.97 Å². The highest BCUT2D eigenvalue weighted by molar-refractivity contribution is 5.97. The molecule has 4 rings (SSSR count). The van der Waals surface area contributed by atoms with E-state index in [0.29, 0.717) is 49.4 Å². The Kier molecular flexibility index (Phi) is 5.66. The lowest BCUT2D eigenvalue weighted by Crippen LogP contribution is -2.48. The van der Waals surface area contributed by atoms with E-state index in [4.69, 9.17) is 0 Å². The molecule has 1 amide bonds. The standard InChI is InChI=1S/C23H23F3N4O/c1-15-16(2)28-21-13-18(6-7-20(21)27-15)22(31)30-10-8-29(9-11-30)14-17-4-3-5-19(12-17)23(24,25)26/h3-7,12-13H,8-11,14H2,1-2H3. The fourth-order valence-electron chi connectivity index (χ4n) is 3.76. The van der Waals surface area contributed by atoms with Gasteiger partial charge in [0.1, 0.15) is 0 Å². The van der Waals surface area contributed by atoms with Gasteiger partial charge < -0.3 is 4.90 Å². The number of rotatable bonds is 3. The van der Waals surface area contributed by atoms with Crippen LogP contribution in [-0.4, -0.2) is 51.9 Å². The van der Waals surface area contributed by atoms with Crippen LogP contribution in [0, 0.1) is 13.8 Å². The van der Waals surface area contributed by atoms with Crippen molar-refractivity contribution in [3.8, 4) is 0 Å². The lowest BCUT2D eigenvalue weighted by atomic mass is 10.1. The van der Waals surface area contributed by atoms with E-state index >= 15 is 0 Å². The topological polar surface area (TPSA) is 49.3 Å². The van der Waals surface area contributed by atoms with Crippen LogP contribution < -0.4 is 0 Å². The fourth-order valence-corrected chi connectivity index (χ4v) is 3.76. The summed E-state index contributed by atoms with van der Waals surface area (Å²) < 4.78 is 38.8. The van der Waals surface area contributed by atoms with Crippen molar-refractivity contribution in [1.29, 1.82) is 0 Å². The number of piperazine rings is 1. The second-order valence-electron chi connectivity index (χ2n) is 7.86. The summed E-state index contributed by atoms with van der Waals surface area (Å²) >= 11 is 0.